The molecule has 4 nitrogen and oxygen atoms in total. The number of carbonyl (C=O) groups excluding carboxylic acids is 1. The molecule has 0 amide bonds. The number of benzene rings is 1. The zero-order valence-corrected chi connectivity index (χ0v) is 13.2. The van der Waals surface area contributed by atoms with Crippen molar-refractivity contribution in [1.82, 2.24) is 4.98 Å². The third-order valence-electron chi connectivity index (χ3n) is 3.12. The lowest BCUT2D eigenvalue weighted by molar-refractivity contribution is 0.0526. The molecule has 1 aromatic carbocycles. The molecular weight excluding hydrogens is 284 g/mol. The van der Waals surface area contributed by atoms with Gasteiger partial charge in [-0.15, -0.1) is 11.3 Å². The van der Waals surface area contributed by atoms with Gasteiger partial charge in [-0.05, 0) is 38.1 Å². The number of ether oxygens (including phenoxy) is 1. The van der Waals surface area contributed by atoms with Crippen molar-refractivity contribution in [2.45, 2.75) is 26.7 Å². The van der Waals surface area contributed by atoms with Crippen LogP contribution in [0.4, 0.5) is 0 Å². The van der Waals surface area contributed by atoms with Crippen LogP contribution in [0.3, 0.4) is 0 Å². The van der Waals surface area contributed by atoms with Crippen molar-refractivity contribution in [3.8, 4) is 0 Å². The third-order valence-corrected chi connectivity index (χ3v) is 4.34. The highest BCUT2D eigenvalue weighted by atomic mass is 32.1. The average molecular weight is 304 g/mol. The first-order chi connectivity index (χ1) is 10.1. The summed E-state index contributed by atoms with van der Waals surface area (Å²) in [5, 5.41) is 1.09. The summed E-state index contributed by atoms with van der Waals surface area (Å²) in [6.45, 7) is 4.85. The number of aryl methyl sites for hydroxylation is 1. The largest absolute Gasteiger partial charge is 0.462 e. The van der Waals surface area contributed by atoms with Crippen LogP contribution in [0.25, 0.3) is 0 Å². The van der Waals surface area contributed by atoms with E-state index in [9.17, 15) is 4.79 Å². The Labute approximate surface area is 129 Å². The minimum absolute atomic E-state index is 0.275. The molecule has 0 atom stereocenters. The Bertz CT molecular complexity index is 605. The monoisotopic (exact) mass is 304 g/mol. The zero-order chi connectivity index (χ0) is 15.2. The molecule has 1 aromatic heterocycles. The lowest BCUT2D eigenvalue weighted by Crippen LogP contribution is -2.04. The first-order valence-electron chi connectivity index (χ1n) is 7.05. The van der Waals surface area contributed by atoms with Gasteiger partial charge in [-0.1, -0.05) is 12.1 Å². The topological polar surface area (TPSA) is 65.2 Å². The maximum atomic E-state index is 11.6. The van der Waals surface area contributed by atoms with E-state index in [0.717, 1.165) is 29.1 Å². The molecule has 0 aliphatic heterocycles. The highest BCUT2D eigenvalue weighted by molar-refractivity contribution is 7.11. The number of thiazole rings is 1. The summed E-state index contributed by atoms with van der Waals surface area (Å²) in [4.78, 5) is 17.4. The normalized spacial score (nSPS) is 10.6. The van der Waals surface area contributed by atoms with E-state index in [2.05, 4.69) is 4.98 Å². The van der Waals surface area contributed by atoms with Gasteiger partial charge < -0.3 is 10.5 Å². The fraction of sp³-hybridized carbons (Fsp3) is 0.375. The number of esters is 1. The molecule has 112 valence electrons. The first kappa shape index (κ1) is 15.7. The van der Waals surface area contributed by atoms with E-state index >= 15 is 0 Å². The van der Waals surface area contributed by atoms with Gasteiger partial charge in [-0.25, -0.2) is 9.78 Å². The quantitative estimate of drug-likeness (QED) is 0.833. The van der Waals surface area contributed by atoms with Crippen LogP contribution >= 0.6 is 11.3 Å². The highest BCUT2D eigenvalue weighted by Crippen LogP contribution is 2.22. The van der Waals surface area contributed by atoms with E-state index < -0.39 is 0 Å². The molecule has 2 aromatic rings. The second-order valence-corrected chi connectivity index (χ2v) is 5.92. The van der Waals surface area contributed by atoms with E-state index in [1.807, 2.05) is 31.2 Å². The van der Waals surface area contributed by atoms with Gasteiger partial charge in [0.1, 0.15) is 0 Å². The summed E-state index contributed by atoms with van der Waals surface area (Å²) in [5.41, 5.74) is 8.38. The molecule has 5 heteroatoms. The number of hydrogen-bond acceptors (Lipinski definition) is 5. The van der Waals surface area contributed by atoms with Gasteiger partial charge in [-0.2, -0.15) is 0 Å². The van der Waals surface area contributed by atoms with Gasteiger partial charge >= 0.3 is 5.97 Å². The number of nitrogens with zero attached hydrogens (tertiary/aromatic N) is 1. The lowest BCUT2D eigenvalue weighted by atomic mass is 10.1. The highest BCUT2D eigenvalue weighted by Gasteiger charge is 2.09. The van der Waals surface area contributed by atoms with Crippen LogP contribution in [-0.2, 0) is 17.6 Å². The summed E-state index contributed by atoms with van der Waals surface area (Å²) in [7, 11) is 0. The maximum absolute atomic E-state index is 11.6. The van der Waals surface area contributed by atoms with Crippen LogP contribution in [0, 0.1) is 6.92 Å². The van der Waals surface area contributed by atoms with Crippen LogP contribution < -0.4 is 5.73 Å². The lowest BCUT2D eigenvalue weighted by Gasteiger charge is -2.03. The van der Waals surface area contributed by atoms with Crippen molar-refractivity contribution < 1.29 is 9.53 Å². The van der Waals surface area contributed by atoms with Crippen LogP contribution in [0.5, 0.6) is 0 Å². The summed E-state index contributed by atoms with van der Waals surface area (Å²) in [5.74, 6) is -0.275. The van der Waals surface area contributed by atoms with E-state index in [1.54, 1.807) is 18.3 Å². The fourth-order valence-electron chi connectivity index (χ4n) is 2.04. The molecule has 0 bridgehead atoms. The SMILES string of the molecule is CCOC(=O)c1ccc(Cc2sc(CCN)nc2C)cc1. The van der Waals surface area contributed by atoms with Gasteiger partial charge in [0.05, 0.1) is 22.9 Å². The standard InChI is InChI=1S/C16H20N2O2S/c1-3-20-16(19)13-6-4-12(5-7-13)10-14-11(2)18-15(21-14)8-9-17/h4-7H,3,8-10,17H2,1-2H3. The van der Waals surface area contributed by atoms with Crippen LogP contribution in [0.2, 0.25) is 0 Å². The second-order valence-electron chi connectivity index (χ2n) is 4.75. The van der Waals surface area contributed by atoms with Crippen molar-refractivity contribution >= 4 is 17.3 Å². The molecule has 0 saturated heterocycles. The molecule has 21 heavy (non-hydrogen) atoms. The van der Waals surface area contributed by atoms with E-state index in [4.69, 9.17) is 10.5 Å². The molecule has 2 N–H and O–H groups in total. The Morgan fingerprint density at radius 2 is 2.05 bits per heavy atom. The Balaban J connectivity index is 2.08. The number of carbonyl (C=O) groups is 1. The van der Waals surface area contributed by atoms with Crippen molar-refractivity contribution in [3.63, 3.8) is 0 Å². The van der Waals surface area contributed by atoms with Gasteiger partial charge in [0.2, 0.25) is 0 Å². The second kappa shape index (κ2) is 7.33. The van der Waals surface area contributed by atoms with Crippen molar-refractivity contribution in [2.75, 3.05) is 13.2 Å². The molecule has 0 fully saturated rings. The Morgan fingerprint density at radius 1 is 1.33 bits per heavy atom. The summed E-state index contributed by atoms with van der Waals surface area (Å²) in [6, 6.07) is 7.55. The number of nitrogens with two attached hydrogens (primary N) is 1. The molecule has 0 aliphatic rings. The Morgan fingerprint density at radius 3 is 2.67 bits per heavy atom. The predicted octanol–water partition coefficient (Wildman–Crippen LogP) is 2.72. The molecule has 0 unspecified atom stereocenters. The molecule has 2 rings (SSSR count). The van der Waals surface area contributed by atoms with Gasteiger partial charge in [0.25, 0.3) is 0 Å². The van der Waals surface area contributed by atoms with Crippen molar-refractivity contribution in [3.05, 3.63) is 51.0 Å². The smallest absolute Gasteiger partial charge is 0.338 e. The molecule has 1 heterocycles. The zero-order valence-electron chi connectivity index (χ0n) is 12.4. The molecule has 0 spiro atoms. The number of rotatable bonds is 6. The minimum Gasteiger partial charge on any atom is -0.462 e. The van der Waals surface area contributed by atoms with Gasteiger partial charge in [0.15, 0.2) is 0 Å². The Hall–Kier alpha value is -1.72. The van der Waals surface area contributed by atoms with E-state index in [0.29, 0.717) is 18.7 Å². The number of aromatic nitrogens is 1. The summed E-state index contributed by atoms with van der Waals surface area (Å²) < 4.78 is 4.98. The van der Waals surface area contributed by atoms with Gasteiger partial charge in [-0.3, -0.25) is 0 Å². The minimum atomic E-state index is -0.275. The summed E-state index contributed by atoms with van der Waals surface area (Å²) >= 11 is 1.71. The van der Waals surface area contributed by atoms with Gasteiger partial charge in [0, 0.05) is 17.7 Å². The van der Waals surface area contributed by atoms with E-state index in [1.165, 1.54) is 4.88 Å². The molecule has 0 aliphatic carbocycles. The van der Waals surface area contributed by atoms with Crippen molar-refractivity contribution in [2.24, 2.45) is 5.73 Å². The maximum Gasteiger partial charge on any atom is 0.338 e. The van der Waals surface area contributed by atoms with E-state index in [-0.39, 0.29) is 5.97 Å². The van der Waals surface area contributed by atoms with Crippen LogP contribution in [0.15, 0.2) is 24.3 Å². The Kier molecular flexibility index (Phi) is 5.47. The van der Waals surface area contributed by atoms with Crippen LogP contribution in [-0.4, -0.2) is 24.1 Å². The predicted molar refractivity (Wildman–Crippen MR) is 84.8 cm³/mol. The summed E-state index contributed by atoms with van der Waals surface area (Å²) in [6.07, 6.45) is 1.66. The molecule has 0 saturated carbocycles. The molecule has 0 radical (unpaired) electrons. The van der Waals surface area contributed by atoms with Crippen molar-refractivity contribution in [1.29, 1.82) is 0 Å². The third kappa shape index (κ3) is 4.12. The average Bonchev–Trinajstić information content (AvgIpc) is 2.80. The van der Waals surface area contributed by atoms with Crippen LogP contribution in [0.1, 0.15) is 38.4 Å². The fourth-order valence-corrected chi connectivity index (χ4v) is 3.16. The first-order valence-corrected chi connectivity index (χ1v) is 7.87. The number of hydrogen-bond donors (Lipinski definition) is 1. The molecular formula is C16H20N2O2S.